The summed E-state index contributed by atoms with van der Waals surface area (Å²) in [6.45, 7) is 0. The number of nitrogens with zero attached hydrogens (tertiary/aromatic N) is 1. The van der Waals surface area contributed by atoms with Crippen LogP contribution in [0, 0.1) is 11.6 Å². The van der Waals surface area contributed by atoms with Crippen molar-refractivity contribution in [3.8, 4) is 0 Å². The van der Waals surface area contributed by atoms with Crippen LogP contribution in [0.5, 0.6) is 0 Å². The number of nitrogens with two attached hydrogens (primary N) is 1. The summed E-state index contributed by atoms with van der Waals surface area (Å²) in [7, 11) is 1.68. The van der Waals surface area contributed by atoms with Gasteiger partial charge >= 0.3 is 0 Å². The van der Waals surface area contributed by atoms with Gasteiger partial charge in [-0.05, 0) is 18.9 Å². The Morgan fingerprint density at radius 1 is 1.15 bits per heavy atom. The minimum Gasteiger partial charge on any atom is -0.396 e. The lowest BCUT2D eigenvalue weighted by atomic mass is 10.1. The van der Waals surface area contributed by atoms with E-state index in [1.807, 2.05) is 0 Å². The third kappa shape index (κ3) is 3.08. The predicted molar refractivity (Wildman–Crippen MR) is 74.4 cm³/mol. The summed E-state index contributed by atoms with van der Waals surface area (Å²) in [4.78, 5) is 13.9. The van der Waals surface area contributed by atoms with Crippen molar-refractivity contribution >= 4 is 11.6 Å². The number of benzene rings is 1. The van der Waals surface area contributed by atoms with Crippen molar-refractivity contribution in [3.05, 3.63) is 29.3 Å². The molecule has 0 aliphatic heterocycles. The number of hydrogen-bond donors (Lipinski definition) is 1. The van der Waals surface area contributed by atoms with E-state index in [9.17, 15) is 13.6 Å². The molecule has 1 fully saturated rings. The van der Waals surface area contributed by atoms with Gasteiger partial charge in [0.15, 0.2) is 0 Å². The molecule has 0 spiro atoms. The van der Waals surface area contributed by atoms with Crippen LogP contribution in [0.2, 0.25) is 0 Å². The Morgan fingerprint density at radius 3 is 2.35 bits per heavy atom. The summed E-state index contributed by atoms with van der Waals surface area (Å²) >= 11 is 0. The molecule has 0 heterocycles. The lowest BCUT2D eigenvalue weighted by Gasteiger charge is -2.27. The van der Waals surface area contributed by atoms with Crippen LogP contribution in [0.4, 0.5) is 14.5 Å². The number of anilines is 1. The zero-order valence-corrected chi connectivity index (χ0v) is 11.7. The van der Waals surface area contributed by atoms with Crippen LogP contribution in [-0.4, -0.2) is 23.9 Å². The molecule has 1 saturated carbocycles. The standard InChI is InChI=1S/C15H20F2N2O/c1-19(10-6-4-2-3-5-7-10)15(20)11-8-14(18)13(17)9-12(11)16/h8-10H,2-7,18H2,1H3. The normalized spacial score (nSPS) is 16.8. The molecule has 2 rings (SSSR count). The van der Waals surface area contributed by atoms with Gasteiger partial charge in [-0.1, -0.05) is 25.7 Å². The number of rotatable bonds is 2. The van der Waals surface area contributed by atoms with E-state index in [0.717, 1.165) is 31.7 Å². The average Bonchev–Trinajstić information content (AvgIpc) is 2.70. The van der Waals surface area contributed by atoms with Crippen LogP contribution in [0.3, 0.4) is 0 Å². The third-order valence-electron chi connectivity index (χ3n) is 4.01. The molecule has 1 aliphatic carbocycles. The summed E-state index contributed by atoms with van der Waals surface area (Å²) < 4.78 is 26.9. The molecule has 0 bridgehead atoms. The van der Waals surface area contributed by atoms with Gasteiger partial charge in [0.25, 0.3) is 5.91 Å². The highest BCUT2D eigenvalue weighted by atomic mass is 19.1. The first kappa shape index (κ1) is 14.8. The van der Waals surface area contributed by atoms with Crippen molar-refractivity contribution in [1.29, 1.82) is 0 Å². The lowest BCUT2D eigenvalue weighted by molar-refractivity contribution is 0.0713. The van der Waals surface area contributed by atoms with Gasteiger partial charge in [-0.2, -0.15) is 0 Å². The maximum absolute atomic E-state index is 13.7. The molecular weight excluding hydrogens is 262 g/mol. The highest BCUT2D eigenvalue weighted by Crippen LogP contribution is 2.24. The van der Waals surface area contributed by atoms with Gasteiger partial charge in [0.1, 0.15) is 11.6 Å². The van der Waals surface area contributed by atoms with Crippen molar-refractivity contribution in [3.63, 3.8) is 0 Å². The summed E-state index contributed by atoms with van der Waals surface area (Å²) in [5, 5.41) is 0. The smallest absolute Gasteiger partial charge is 0.256 e. The highest BCUT2D eigenvalue weighted by Gasteiger charge is 2.25. The Bertz CT molecular complexity index is 497. The number of nitrogen functional groups attached to an aromatic ring is 1. The minimum absolute atomic E-state index is 0.121. The van der Waals surface area contributed by atoms with Gasteiger partial charge in [0.05, 0.1) is 11.3 Å². The highest BCUT2D eigenvalue weighted by molar-refractivity contribution is 5.95. The van der Waals surface area contributed by atoms with Crippen LogP contribution >= 0.6 is 0 Å². The van der Waals surface area contributed by atoms with E-state index in [-0.39, 0.29) is 17.3 Å². The number of amides is 1. The summed E-state index contributed by atoms with van der Waals surface area (Å²) in [5.41, 5.74) is 5.06. The van der Waals surface area contributed by atoms with Crippen LogP contribution in [0.25, 0.3) is 0 Å². The van der Waals surface area contributed by atoms with E-state index in [4.69, 9.17) is 5.73 Å². The van der Waals surface area contributed by atoms with Crippen LogP contribution in [-0.2, 0) is 0 Å². The van der Waals surface area contributed by atoms with Gasteiger partial charge < -0.3 is 10.6 Å². The fourth-order valence-electron chi connectivity index (χ4n) is 2.73. The number of halogens is 2. The second kappa shape index (κ2) is 6.20. The first-order valence-corrected chi connectivity index (χ1v) is 7.02. The van der Waals surface area contributed by atoms with E-state index in [2.05, 4.69) is 0 Å². The maximum atomic E-state index is 13.7. The molecule has 1 aliphatic rings. The van der Waals surface area contributed by atoms with Gasteiger partial charge in [-0.15, -0.1) is 0 Å². The molecule has 0 saturated heterocycles. The Balaban J connectivity index is 2.19. The predicted octanol–water partition coefficient (Wildman–Crippen LogP) is 3.34. The summed E-state index contributed by atoms with van der Waals surface area (Å²) in [6, 6.07) is 1.87. The Kier molecular flexibility index (Phi) is 4.57. The molecule has 3 nitrogen and oxygen atoms in total. The molecule has 0 atom stereocenters. The zero-order valence-electron chi connectivity index (χ0n) is 11.7. The molecule has 0 aromatic heterocycles. The summed E-state index contributed by atoms with van der Waals surface area (Å²) in [6.07, 6.45) is 6.38. The van der Waals surface area contributed by atoms with Crippen molar-refractivity contribution in [1.82, 2.24) is 4.90 Å². The monoisotopic (exact) mass is 282 g/mol. The quantitative estimate of drug-likeness (QED) is 0.668. The first-order valence-electron chi connectivity index (χ1n) is 7.02. The molecule has 5 heteroatoms. The average molecular weight is 282 g/mol. The fraction of sp³-hybridized carbons (Fsp3) is 0.533. The molecule has 110 valence electrons. The van der Waals surface area contributed by atoms with Gasteiger partial charge in [-0.3, -0.25) is 4.79 Å². The van der Waals surface area contributed by atoms with E-state index in [0.29, 0.717) is 6.07 Å². The van der Waals surface area contributed by atoms with Gasteiger partial charge in [-0.25, -0.2) is 8.78 Å². The van der Waals surface area contributed by atoms with Crippen LogP contribution in [0.15, 0.2) is 12.1 Å². The topological polar surface area (TPSA) is 46.3 Å². The van der Waals surface area contributed by atoms with Crippen molar-refractivity contribution < 1.29 is 13.6 Å². The first-order chi connectivity index (χ1) is 9.50. The van der Waals surface area contributed by atoms with E-state index in [1.165, 1.54) is 12.8 Å². The molecule has 0 radical (unpaired) electrons. The minimum atomic E-state index is -0.859. The largest absolute Gasteiger partial charge is 0.396 e. The molecule has 2 N–H and O–H groups in total. The lowest BCUT2D eigenvalue weighted by Crippen LogP contribution is -2.37. The summed E-state index contributed by atoms with van der Waals surface area (Å²) in [5.74, 6) is -2.13. The zero-order chi connectivity index (χ0) is 14.7. The number of carbonyl (C=O) groups excluding carboxylic acids is 1. The van der Waals surface area contributed by atoms with E-state index < -0.39 is 17.5 Å². The van der Waals surface area contributed by atoms with E-state index >= 15 is 0 Å². The third-order valence-corrected chi connectivity index (χ3v) is 4.01. The molecule has 1 aromatic carbocycles. The Labute approximate surface area is 117 Å². The van der Waals surface area contributed by atoms with Crippen molar-refractivity contribution in [2.45, 2.75) is 44.6 Å². The fourth-order valence-corrected chi connectivity index (χ4v) is 2.73. The van der Waals surface area contributed by atoms with E-state index in [1.54, 1.807) is 11.9 Å². The van der Waals surface area contributed by atoms with Crippen LogP contribution < -0.4 is 5.73 Å². The second-order valence-electron chi connectivity index (χ2n) is 5.42. The Morgan fingerprint density at radius 2 is 1.75 bits per heavy atom. The van der Waals surface area contributed by atoms with Gasteiger partial charge in [0, 0.05) is 19.2 Å². The molecule has 20 heavy (non-hydrogen) atoms. The molecular formula is C15H20F2N2O. The molecule has 0 unspecified atom stereocenters. The molecule has 1 aromatic rings. The SMILES string of the molecule is CN(C(=O)c1cc(N)c(F)cc1F)C1CCCCCC1. The van der Waals surface area contributed by atoms with Crippen molar-refractivity contribution in [2.75, 3.05) is 12.8 Å². The molecule has 1 amide bonds. The second-order valence-corrected chi connectivity index (χ2v) is 5.42. The van der Waals surface area contributed by atoms with Crippen molar-refractivity contribution in [2.24, 2.45) is 0 Å². The van der Waals surface area contributed by atoms with Gasteiger partial charge in [0.2, 0.25) is 0 Å². The number of hydrogen-bond acceptors (Lipinski definition) is 2. The Hall–Kier alpha value is -1.65. The number of carbonyl (C=O) groups is 1. The van der Waals surface area contributed by atoms with Crippen LogP contribution in [0.1, 0.15) is 48.9 Å². The maximum Gasteiger partial charge on any atom is 0.256 e.